The van der Waals surface area contributed by atoms with Crippen LogP contribution in [0.4, 0.5) is 0 Å². The van der Waals surface area contributed by atoms with E-state index in [1.807, 2.05) is 4.90 Å². The Bertz CT molecular complexity index is 245. The van der Waals surface area contributed by atoms with Gasteiger partial charge in [-0.15, -0.1) is 0 Å². The Balaban J connectivity index is 2.58. The Hall–Kier alpha value is -0.610. The molecule has 1 rings (SSSR count). The number of rotatable bonds is 4. The van der Waals surface area contributed by atoms with Crippen molar-refractivity contribution in [2.75, 3.05) is 20.6 Å². The molecule has 0 heterocycles. The van der Waals surface area contributed by atoms with Crippen LogP contribution in [0, 0.1) is 0 Å². The van der Waals surface area contributed by atoms with Crippen LogP contribution in [0.3, 0.4) is 0 Å². The van der Waals surface area contributed by atoms with Crippen molar-refractivity contribution >= 4 is 5.91 Å². The van der Waals surface area contributed by atoms with Crippen molar-refractivity contribution < 1.29 is 4.79 Å². The van der Waals surface area contributed by atoms with Crippen LogP contribution in [0.15, 0.2) is 0 Å². The van der Waals surface area contributed by atoms with Gasteiger partial charge in [-0.1, -0.05) is 0 Å². The number of nitrogens with zero attached hydrogens (tertiary/aromatic N) is 2. The molecule has 0 atom stereocenters. The fourth-order valence-corrected chi connectivity index (χ4v) is 2.87. The van der Waals surface area contributed by atoms with Crippen molar-refractivity contribution in [3.05, 3.63) is 0 Å². The molecule has 0 aromatic heterocycles. The molecule has 1 aliphatic carbocycles. The van der Waals surface area contributed by atoms with Gasteiger partial charge < -0.3 is 15.5 Å². The van der Waals surface area contributed by atoms with Crippen LogP contribution in [-0.4, -0.2) is 54.5 Å². The van der Waals surface area contributed by atoms with Gasteiger partial charge in [0, 0.05) is 18.1 Å². The van der Waals surface area contributed by atoms with Crippen LogP contribution in [0.1, 0.15) is 39.5 Å². The first kappa shape index (κ1) is 14.5. The molecule has 1 fully saturated rings. The molecule has 17 heavy (non-hydrogen) atoms. The summed E-state index contributed by atoms with van der Waals surface area (Å²) in [7, 11) is 4.27. The quantitative estimate of drug-likeness (QED) is 0.800. The molecular weight excluding hydrogens is 214 g/mol. The lowest BCUT2D eigenvalue weighted by atomic mass is 9.89. The van der Waals surface area contributed by atoms with Crippen molar-refractivity contribution in [2.24, 2.45) is 5.73 Å². The highest BCUT2D eigenvalue weighted by Crippen LogP contribution is 2.26. The number of hydrogen-bond acceptors (Lipinski definition) is 3. The van der Waals surface area contributed by atoms with Gasteiger partial charge in [-0.2, -0.15) is 0 Å². The molecule has 0 bridgehead atoms. The Morgan fingerprint density at radius 2 is 1.65 bits per heavy atom. The molecule has 0 aromatic carbocycles. The first-order valence-corrected chi connectivity index (χ1v) is 6.65. The molecule has 1 amide bonds. The zero-order chi connectivity index (χ0) is 13.0. The monoisotopic (exact) mass is 241 g/mol. The molecule has 100 valence electrons. The maximum atomic E-state index is 11.9. The topological polar surface area (TPSA) is 49.6 Å². The van der Waals surface area contributed by atoms with E-state index < -0.39 is 0 Å². The number of amides is 1. The van der Waals surface area contributed by atoms with E-state index in [-0.39, 0.29) is 18.5 Å². The third-order valence-electron chi connectivity index (χ3n) is 3.81. The molecule has 2 N–H and O–H groups in total. The molecule has 0 aromatic rings. The largest absolute Gasteiger partial charge is 0.336 e. The maximum absolute atomic E-state index is 11.9. The van der Waals surface area contributed by atoms with Gasteiger partial charge in [0.25, 0.3) is 0 Å². The van der Waals surface area contributed by atoms with Crippen molar-refractivity contribution in [2.45, 2.75) is 57.7 Å². The fraction of sp³-hybridized carbons (Fsp3) is 0.923. The minimum atomic E-state index is 0.0910. The maximum Gasteiger partial charge on any atom is 0.236 e. The van der Waals surface area contributed by atoms with E-state index in [1.54, 1.807) is 0 Å². The molecule has 0 radical (unpaired) electrons. The molecule has 0 saturated heterocycles. The van der Waals surface area contributed by atoms with E-state index in [1.165, 1.54) is 12.8 Å². The average molecular weight is 241 g/mol. The summed E-state index contributed by atoms with van der Waals surface area (Å²) in [6.07, 6.45) is 4.57. The van der Waals surface area contributed by atoms with Crippen LogP contribution in [0.5, 0.6) is 0 Å². The molecule has 4 heteroatoms. The van der Waals surface area contributed by atoms with Crippen molar-refractivity contribution in [3.8, 4) is 0 Å². The van der Waals surface area contributed by atoms with Crippen molar-refractivity contribution in [1.29, 1.82) is 0 Å². The van der Waals surface area contributed by atoms with Crippen LogP contribution in [0.25, 0.3) is 0 Å². The summed E-state index contributed by atoms with van der Waals surface area (Å²) in [4.78, 5) is 16.1. The highest BCUT2D eigenvalue weighted by atomic mass is 16.2. The minimum absolute atomic E-state index is 0.0910. The minimum Gasteiger partial charge on any atom is -0.336 e. The number of carbonyl (C=O) groups excluding carboxylic acids is 1. The van der Waals surface area contributed by atoms with Crippen LogP contribution in [0.2, 0.25) is 0 Å². The van der Waals surface area contributed by atoms with Crippen molar-refractivity contribution in [1.82, 2.24) is 9.80 Å². The van der Waals surface area contributed by atoms with E-state index in [4.69, 9.17) is 5.73 Å². The molecule has 0 unspecified atom stereocenters. The fourth-order valence-electron chi connectivity index (χ4n) is 2.87. The van der Waals surface area contributed by atoms with Crippen LogP contribution >= 0.6 is 0 Å². The molecule has 4 nitrogen and oxygen atoms in total. The van der Waals surface area contributed by atoms with E-state index >= 15 is 0 Å². The van der Waals surface area contributed by atoms with Crippen molar-refractivity contribution in [3.63, 3.8) is 0 Å². The Labute approximate surface area is 105 Å². The summed E-state index contributed by atoms with van der Waals surface area (Å²) >= 11 is 0. The Morgan fingerprint density at radius 3 is 2.00 bits per heavy atom. The van der Waals surface area contributed by atoms with Gasteiger partial charge in [-0.3, -0.25) is 4.79 Å². The highest BCUT2D eigenvalue weighted by molar-refractivity contribution is 5.78. The predicted molar refractivity (Wildman–Crippen MR) is 70.8 cm³/mol. The van der Waals surface area contributed by atoms with E-state index in [0.29, 0.717) is 12.1 Å². The number of hydrogen-bond donors (Lipinski definition) is 1. The van der Waals surface area contributed by atoms with Crippen LogP contribution in [-0.2, 0) is 4.79 Å². The van der Waals surface area contributed by atoms with Crippen LogP contribution < -0.4 is 5.73 Å². The lowest BCUT2D eigenvalue weighted by Gasteiger charge is -2.40. The molecule has 0 aliphatic heterocycles. The Morgan fingerprint density at radius 1 is 1.18 bits per heavy atom. The van der Waals surface area contributed by atoms with Gasteiger partial charge in [0.2, 0.25) is 5.91 Å². The lowest BCUT2D eigenvalue weighted by Crippen LogP contribution is -2.50. The zero-order valence-corrected chi connectivity index (χ0v) is 11.6. The molecule has 0 spiro atoms. The van der Waals surface area contributed by atoms with Gasteiger partial charge >= 0.3 is 0 Å². The summed E-state index contributed by atoms with van der Waals surface area (Å²) in [5, 5.41) is 0. The molecule has 1 aliphatic rings. The van der Waals surface area contributed by atoms with E-state index in [2.05, 4.69) is 32.8 Å². The first-order chi connectivity index (χ1) is 7.97. The smallest absolute Gasteiger partial charge is 0.236 e. The molecule has 1 saturated carbocycles. The standard InChI is InChI=1S/C13H27N3O/c1-10(2)16(13(17)9-14)12-7-5-11(6-8-12)15(3)4/h10-12H,5-9,14H2,1-4H3. The summed E-state index contributed by atoms with van der Waals surface area (Å²) in [6, 6.07) is 1.32. The van der Waals surface area contributed by atoms with E-state index in [9.17, 15) is 4.79 Å². The second-order valence-electron chi connectivity index (χ2n) is 5.52. The van der Waals surface area contributed by atoms with Gasteiger partial charge in [-0.05, 0) is 53.6 Å². The normalized spacial score (nSPS) is 25.4. The number of nitrogens with two attached hydrogens (primary N) is 1. The third-order valence-corrected chi connectivity index (χ3v) is 3.81. The summed E-state index contributed by atoms with van der Waals surface area (Å²) < 4.78 is 0. The van der Waals surface area contributed by atoms with Gasteiger partial charge in [0.05, 0.1) is 6.54 Å². The first-order valence-electron chi connectivity index (χ1n) is 6.65. The third kappa shape index (κ3) is 3.68. The predicted octanol–water partition coefficient (Wildman–Crippen LogP) is 1.05. The van der Waals surface area contributed by atoms with Gasteiger partial charge in [0.15, 0.2) is 0 Å². The average Bonchev–Trinajstić information content (AvgIpc) is 2.29. The number of carbonyl (C=O) groups is 1. The summed E-state index contributed by atoms with van der Waals surface area (Å²) in [6.45, 7) is 4.28. The SMILES string of the molecule is CC(C)N(C(=O)CN)C1CCC(N(C)C)CC1. The Kier molecular flexibility index (Phi) is 5.40. The highest BCUT2D eigenvalue weighted by Gasteiger charge is 2.30. The van der Waals surface area contributed by atoms with E-state index in [0.717, 1.165) is 12.8 Å². The summed E-state index contributed by atoms with van der Waals surface area (Å²) in [5.41, 5.74) is 5.49. The molecular formula is C13H27N3O. The van der Waals surface area contributed by atoms with Gasteiger partial charge in [-0.25, -0.2) is 0 Å². The second kappa shape index (κ2) is 6.36. The lowest BCUT2D eigenvalue weighted by molar-refractivity contribution is -0.135. The van der Waals surface area contributed by atoms with Gasteiger partial charge in [0.1, 0.15) is 0 Å². The zero-order valence-electron chi connectivity index (χ0n) is 11.6. The second-order valence-corrected chi connectivity index (χ2v) is 5.52. The summed E-state index contributed by atoms with van der Waals surface area (Å²) in [5.74, 6) is 0.0910.